The number of benzene rings is 2. The van der Waals surface area contributed by atoms with Gasteiger partial charge in [0.1, 0.15) is 5.52 Å². The summed E-state index contributed by atoms with van der Waals surface area (Å²) >= 11 is 0. The molecule has 1 N–H and O–H groups in total. The van der Waals surface area contributed by atoms with E-state index in [0.29, 0.717) is 5.69 Å². The number of H-pyrrole nitrogens is 1. The molecule has 0 aliphatic carbocycles. The molecule has 0 saturated heterocycles. The molecule has 3 nitrogen and oxygen atoms in total. The first-order valence-electron chi connectivity index (χ1n) is 6.16. The number of nitrogens with zero attached hydrogens (tertiary/aromatic N) is 1. The van der Waals surface area contributed by atoms with Crippen molar-refractivity contribution in [2.24, 2.45) is 0 Å². The van der Waals surface area contributed by atoms with Crippen LogP contribution in [-0.2, 0) is 0 Å². The molecule has 0 aliphatic heterocycles. The molecule has 5 heteroatoms. The summed E-state index contributed by atoms with van der Waals surface area (Å²) in [6, 6.07) is 7.86. The lowest BCUT2D eigenvalue weighted by atomic mass is 10.1. The number of aryl methyl sites for hydroxylation is 2. The summed E-state index contributed by atoms with van der Waals surface area (Å²) in [6.07, 6.45) is 0. The van der Waals surface area contributed by atoms with Crippen molar-refractivity contribution in [3.63, 3.8) is 0 Å². The Morgan fingerprint density at radius 1 is 1.05 bits per heavy atom. The normalized spacial score (nSPS) is 11.2. The average Bonchev–Trinajstić information content (AvgIpc) is 2.72. The minimum absolute atomic E-state index is 0.0626. The van der Waals surface area contributed by atoms with Gasteiger partial charge in [-0.2, -0.15) is 0 Å². The Morgan fingerprint density at radius 2 is 1.70 bits per heavy atom. The largest absolute Gasteiger partial charge is 0.331 e. The molecule has 0 spiro atoms. The topological polar surface area (TPSA) is 37.8 Å². The van der Waals surface area contributed by atoms with Crippen molar-refractivity contribution in [1.29, 1.82) is 0 Å². The van der Waals surface area contributed by atoms with Crippen LogP contribution in [0, 0.1) is 25.5 Å². The predicted molar refractivity (Wildman–Crippen MR) is 73.3 cm³/mol. The predicted octanol–water partition coefficient (Wildman–Crippen LogP) is 3.21. The SMILES string of the molecule is Cc1cccc(C)c1-n1c(=O)[nH]c2ccc(F)c(F)c21. The lowest BCUT2D eigenvalue weighted by Gasteiger charge is -2.11. The molecule has 0 saturated carbocycles. The standard InChI is InChI=1S/C15H12F2N2O/c1-8-4-3-5-9(2)13(8)19-14-11(18-15(19)20)7-6-10(16)12(14)17/h3-7H,1-2H3,(H,18,20). The molecule has 20 heavy (non-hydrogen) atoms. The van der Waals surface area contributed by atoms with Crippen LogP contribution in [0.1, 0.15) is 11.1 Å². The lowest BCUT2D eigenvalue weighted by Crippen LogP contribution is -2.17. The highest BCUT2D eigenvalue weighted by molar-refractivity contribution is 5.78. The molecule has 102 valence electrons. The van der Waals surface area contributed by atoms with E-state index in [0.717, 1.165) is 17.2 Å². The van der Waals surface area contributed by atoms with Gasteiger partial charge in [0.15, 0.2) is 11.6 Å². The fraction of sp³-hybridized carbons (Fsp3) is 0.133. The van der Waals surface area contributed by atoms with E-state index in [4.69, 9.17) is 0 Å². The molecule has 0 atom stereocenters. The van der Waals surface area contributed by atoms with Gasteiger partial charge in [-0.05, 0) is 37.1 Å². The summed E-state index contributed by atoms with van der Waals surface area (Å²) in [6.45, 7) is 3.65. The van der Waals surface area contributed by atoms with Gasteiger partial charge >= 0.3 is 5.69 Å². The first-order chi connectivity index (χ1) is 9.50. The number of aromatic nitrogens is 2. The maximum absolute atomic E-state index is 14.1. The summed E-state index contributed by atoms with van der Waals surface area (Å²) in [5.74, 6) is -2.00. The Kier molecular flexibility index (Phi) is 2.71. The highest BCUT2D eigenvalue weighted by atomic mass is 19.2. The number of halogens is 2. The molecular weight excluding hydrogens is 262 g/mol. The van der Waals surface area contributed by atoms with Gasteiger partial charge < -0.3 is 4.98 Å². The van der Waals surface area contributed by atoms with Gasteiger partial charge in [-0.1, -0.05) is 18.2 Å². The molecular formula is C15H12F2N2O. The molecule has 0 fully saturated rings. The molecule has 0 unspecified atom stereocenters. The number of rotatable bonds is 1. The molecule has 0 aliphatic rings. The Balaban J connectivity index is 2.52. The Bertz CT molecular complexity index is 857. The summed E-state index contributed by atoms with van der Waals surface area (Å²) < 4.78 is 28.7. The van der Waals surface area contributed by atoms with Gasteiger partial charge in [-0.15, -0.1) is 0 Å². The maximum Gasteiger partial charge on any atom is 0.331 e. The Morgan fingerprint density at radius 3 is 2.35 bits per heavy atom. The Hall–Kier alpha value is -2.43. The summed E-state index contributed by atoms with van der Waals surface area (Å²) in [7, 11) is 0. The second-order valence-corrected chi connectivity index (χ2v) is 4.76. The third kappa shape index (κ3) is 1.66. The third-order valence-corrected chi connectivity index (χ3v) is 3.40. The van der Waals surface area contributed by atoms with Gasteiger partial charge in [0.25, 0.3) is 0 Å². The third-order valence-electron chi connectivity index (χ3n) is 3.40. The number of aromatic amines is 1. The van der Waals surface area contributed by atoms with E-state index in [1.54, 1.807) is 0 Å². The molecule has 2 aromatic carbocycles. The second-order valence-electron chi connectivity index (χ2n) is 4.76. The van der Waals surface area contributed by atoms with Crippen molar-refractivity contribution in [3.8, 4) is 5.69 Å². The number of fused-ring (bicyclic) bond motifs is 1. The quantitative estimate of drug-likeness (QED) is 0.727. The number of hydrogen-bond donors (Lipinski definition) is 1. The number of nitrogens with one attached hydrogen (secondary N) is 1. The van der Waals surface area contributed by atoms with Crippen LogP contribution in [0.25, 0.3) is 16.7 Å². The first-order valence-corrected chi connectivity index (χ1v) is 6.16. The molecule has 3 rings (SSSR count). The zero-order valence-electron chi connectivity index (χ0n) is 11.0. The molecule has 1 heterocycles. The Labute approximate surface area is 113 Å². The number of hydrogen-bond acceptors (Lipinski definition) is 1. The van der Waals surface area contributed by atoms with Crippen LogP contribution in [-0.4, -0.2) is 9.55 Å². The van der Waals surface area contributed by atoms with Gasteiger partial charge in [0, 0.05) is 0 Å². The lowest BCUT2D eigenvalue weighted by molar-refractivity contribution is 0.514. The monoisotopic (exact) mass is 274 g/mol. The van der Waals surface area contributed by atoms with E-state index < -0.39 is 17.3 Å². The van der Waals surface area contributed by atoms with Crippen LogP contribution in [0.3, 0.4) is 0 Å². The van der Waals surface area contributed by atoms with Gasteiger partial charge in [0.2, 0.25) is 0 Å². The van der Waals surface area contributed by atoms with Crippen LogP contribution in [0.4, 0.5) is 8.78 Å². The molecule has 0 bridgehead atoms. The fourth-order valence-corrected chi connectivity index (χ4v) is 2.50. The summed E-state index contributed by atoms with van der Waals surface area (Å²) in [4.78, 5) is 14.7. The van der Waals surface area contributed by atoms with Crippen LogP contribution >= 0.6 is 0 Å². The van der Waals surface area contributed by atoms with Gasteiger partial charge in [0.05, 0.1) is 11.2 Å². The van der Waals surface area contributed by atoms with Crippen molar-refractivity contribution in [3.05, 3.63) is 63.6 Å². The molecule has 1 aromatic heterocycles. The van der Waals surface area contributed by atoms with Crippen molar-refractivity contribution < 1.29 is 8.78 Å². The minimum atomic E-state index is -1.02. The molecule has 3 aromatic rings. The number of imidazole rings is 1. The van der Waals surface area contributed by atoms with Crippen LogP contribution in [0.15, 0.2) is 35.1 Å². The van der Waals surface area contributed by atoms with Crippen molar-refractivity contribution in [2.45, 2.75) is 13.8 Å². The molecule has 0 amide bonds. The highest BCUT2D eigenvalue weighted by Gasteiger charge is 2.18. The smallest absolute Gasteiger partial charge is 0.305 e. The summed E-state index contributed by atoms with van der Waals surface area (Å²) in [5.41, 5.74) is 1.94. The van der Waals surface area contributed by atoms with E-state index >= 15 is 0 Å². The van der Waals surface area contributed by atoms with Crippen LogP contribution in [0.5, 0.6) is 0 Å². The van der Waals surface area contributed by atoms with Gasteiger partial charge in [-0.25, -0.2) is 13.6 Å². The van der Waals surface area contributed by atoms with Gasteiger partial charge in [-0.3, -0.25) is 4.57 Å². The average molecular weight is 274 g/mol. The van der Waals surface area contributed by atoms with E-state index in [1.807, 2.05) is 32.0 Å². The first kappa shape index (κ1) is 12.6. The molecule has 0 radical (unpaired) electrons. The fourth-order valence-electron chi connectivity index (χ4n) is 2.50. The van der Waals surface area contributed by atoms with E-state index in [-0.39, 0.29) is 11.0 Å². The number of para-hydroxylation sites is 1. The summed E-state index contributed by atoms with van der Waals surface area (Å²) in [5, 5.41) is 0. The van der Waals surface area contributed by atoms with Crippen molar-refractivity contribution in [1.82, 2.24) is 9.55 Å². The second kappa shape index (κ2) is 4.30. The van der Waals surface area contributed by atoms with E-state index in [2.05, 4.69) is 4.98 Å². The van der Waals surface area contributed by atoms with Crippen LogP contribution in [0.2, 0.25) is 0 Å². The maximum atomic E-state index is 14.1. The van der Waals surface area contributed by atoms with Crippen molar-refractivity contribution >= 4 is 11.0 Å². The highest BCUT2D eigenvalue weighted by Crippen LogP contribution is 2.24. The zero-order valence-corrected chi connectivity index (χ0v) is 11.0. The van der Waals surface area contributed by atoms with E-state index in [1.165, 1.54) is 10.6 Å². The van der Waals surface area contributed by atoms with E-state index in [9.17, 15) is 13.6 Å². The minimum Gasteiger partial charge on any atom is -0.305 e. The van der Waals surface area contributed by atoms with Crippen molar-refractivity contribution in [2.75, 3.05) is 0 Å². The zero-order chi connectivity index (χ0) is 14.4. The van der Waals surface area contributed by atoms with Crippen LogP contribution < -0.4 is 5.69 Å².